The van der Waals surface area contributed by atoms with Crippen molar-refractivity contribution in [2.24, 2.45) is 14.1 Å². The molecular formula is C16H25N7. The SMILES string of the molecule is Cn1cccn1.Cn1cccn1.c1cnn(C2CCNCC2)c1. The summed E-state index contributed by atoms with van der Waals surface area (Å²) < 4.78 is 5.57. The maximum Gasteiger partial charge on any atom is 0.0543 e. The third-order valence-corrected chi connectivity index (χ3v) is 3.48. The number of nitrogens with one attached hydrogen (secondary N) is 1. The molecule has 3 aromatic heterocycles. The molecule has 0 aliphatic carbocycles. The van der Waals surface area contributed by atoms with Crippen molar-refractivity contribution in [1.29, 1.82) is 0 Å². The Labute approximate surface area is 136 Å². The Bertz CT molecular complexity index is 561. The molecule has 124 valence electrons. The van der Waals surface area contributed by atoms with Crippen LogP contribution in [0, 0.1) is 0 Å². The Morgan fingerprint density at radius 3 is 1.65 bits per heavy atom. The standard InChI is InChI=1S/C8H13N3.2C4H6N2/c1-4-10-11(7-1)8-2-5-9-6-3-8;2*1-6-4-2-3-5-6/h1,4,7-9H,2-3,5-6H2;2*2-4H,1H3. The van der Waals surface area contributed by atoms with Gasteiger partial charge in [-0.15, -0.1) is 0 Å². The molecular weight excluding hydrogens is 290 g/mol. The van der Waals surface area contributed by atoms with Crippen molar-refractivity contribution >= 4 is 0 Å². The first-order valence-electron chi connectivity index (χ1n) is 7.83. The average molecular weight is 315 g/mol. The van der Waals surface area contributed by atoms with Gasteiger partial charge in [-0.1, -0.05) is 0 Å². The second kappa shape index (κ2) is 9.58. The number of rotatable bonds is 1. The number of piperidine rings is 1. The second-order valence-electron chi connectivity index (χ2n) is 5.33. The van der Waals surface area contributed by atoms with Crippen LogP contribution in [0.1, 0.15) is 18.9 Å². The third kappa shape index (κ3) is 6.48. The summed E-state index contributed by atoms with van der Waals surface area (Å²) in [6, 6.07) is 6.40. The molecule has 0 amide bonds. The van der Waals surface area contributed by atoms with E-state index in [0.29, 0.717) is 6.04 Å². The highest BCUT2D eigenvalue weighted by atomic mass is 15.3. The summed E-state index contributed by atoms with van der Waals surface area (Å²) >= 11 is 0. The van der Waals surface area contributed by atoms with Crippen LogP contribution in [0.3, 0.4) is 0 Å². The smallest absolute Gasteiger partial charge is 0.0543 e. The van der Waals surface area contributed by atoms with E-state index >= 15 is 0 Å². The van der Waals surface area contributed by atoms with E-state index in [2.05, 4.69) is 31.5 Å². The van der Waals surface area contributed by atoms with Gasteiger partial charge in [-0.25, -0.2) is 0 Å². The number of hydrogen-bond donors (Lipinski definition) is 1. The molecule has 1 aliphatic heterocycles. The molecule has 1 N–H and O–H groups in total. The van der Waals surface area contributed by atoms with E-state index in [-0.39, 0.29) is 0 Å². The first kappa shape index (κ1) is 17.0. The van der Waals surface area contributed by atoms with Gasteiger partial charge in [0.05, 0.1) is 6.04 Å². The lowest BCUT2D eigenvalue weighted by atomic mass is 10.1. The van der Waals surface area contributed by atoms with Crippen molar-refractivity contribution in [1.82, 2.24) is 34.7 Å². The fraction of sp³-hybridized carbons (Fsp3) is 0.438. The number of nitrogens with zero attached hydrogens (tertiary/aromatic N) is 6. The van der Waals surface area contributed by atoms with Crippen LogP contribution >= 0.6 is 0 Å². The molecule has 23 heavy (non-hydrogen) atoms. The van der Waals surface area contributed by atoms with Crippen molar-refractivity contribution < 1.29 is 0 Å². The average Bonchev–Trinajstić information content (AvgIpc) is 3.32. The van der Waals surface area contributed by atoms with Gasteiger partial charge in [-0.05, 0) is 44.1 Å². The number of aryl methyl sites for hydroxylation is 2. The van der Waals surface area contributed by atoms with Crippen LogP contribution in [0.4, 0.5) is 0 Å². The van der Waals surface area contributed by atoms with Gasteiger partial charge >= 0.3 is 0 Å². The summed E-state index contributed by atoms with van der Waals surface area (Å²) in [5, 5.41) is 15.2. The Balaban J connectivity index is 0.000000136. The van der Waals surface area contributed by atoms with Crippen LogP contribution in [0.2, 0.25) is 0 Å². The van der Waals surface area contributed by atoms with Gasteiger partial charge in [0.2, 0.25) is 0 Å². The molecule has 7 nitrogen and oxygen atoms in total. The first-order chi connectivity index (χ1) is 11.3. The minimum Gasteiger partial charge on any atom is -0.317 e. The molecule has 0 bridgehead atoms. The fourth-order valence-electron chi connectivity index (χ4n) is 2.26. The zero-order chi connectivity index (χ0) is 16.3. The van der Waals surface area contributed by atoms with Crippen LogP contribution in [-0.4, -0.2) is 42.4 Å². The number of aromatic nitrogens is 6. The van der Waals surface area contributed by atoms with Crippen LogP contribution in [0.15, 0.2) is 55.4 Å². The van der Waals surface area contributed by atoms with Gasteiger partial charge in [-0.2, -0.15) is 15.3 Å². The maximum absolute atomic E-state index is 4.23. The van der Waals surface area contributed by atoms with Crippen molar-refractivity contribution in [2.45, 2.75) is 18.9 Å². The van der Waals surface area contributed by atoms with E-state index in [1.54, 1.807) is 21.8 Å². The molecule has 0 aromatic carbocycles. The molecule has 7 heteroatoms. The van der Waals surface area contributed by atoms with Crippen LogP contribution in [0.25, 0.3) is 0 Å². The van der Waals surface area contributed by atoms with Crippen molar-refractivity contribution in [3.8, 4) is 0 Å². The van der Waals surface area contributed by atoms with Gasteiger partial charge in [0.25, 0.3) is 0 Å². The Morgan fingerprint density at radius 1 is 0.783 bits per heavy atom. The molecule has 1 aliphatic rings. The summed E-state index contributed by atoms with van der Waals surface area (Å²) in [7, 11) is 3.78. The topological polar surface area (TPSA) is 65.5 Å². The molecule has 1 saturated heterocycles. The van der Waals surface area contributed by atoms with E-state index in [0.717, 1.165) is 13.1 Å². The predicted molar refractivity (Wildman–Crippen MR) is 89.8 cm³/mol. The molecule has 0 radical (unpaired) electrons. The highest BCUT2D eigenvalue weighted by molar-refractivity contribution is 4.83. The molecule has 0 spiro atoms. The molecule has 0 unspecified atom stereocenters. The van der Waals surface area contributed by atoms with E-state index in [1.165, 1.54) is 12.8 Å². The van der Waals surface area contributed by atoms with E-state index in [1.807, 2.05) is 50.9 Å². The number of hydrogen-bond acceptors (Lipinski definition) is 4. The van der Waals surface area contributed by atoms with Crippen molar-refractivity contribution in [2.75, 3.05) is 13.1 Å². The lowest BCUT2D eigenvalue weighted by molar-refractivity contribution is 0.343. The minimum atomic E-state index is 0.631. The van der Waals surface area contributed by atoms with E-state index < -0.39 is 0 Å². The quantitative estimate of drug-likeness (QED) is 0.741. The maximum atomic E-state index is 4.23. The van der Waals surface area contributed by atoms with Crippen molar-refractivity contribution in [3.05, 3.63) is 55.4 Å². The Kier molecular flexibility index (Phi) is 7.06. The lowest BCUT2D eigenvalue weighted by Crippen LogP contribution is -2.29. The van der Waals surface area contributed by atoms with Crippen LogP contribution < -0.4 is 5.32 Å². The zero-order valence-corrected chi connectivity index (χ0v) is 13.8. The summed E-state index contributed by atoms with van der Waals surface area (Å²) in [4.78, 5) is 0. The fourth-order valence-corrected chi connectivity index (χ4v) is 2.26. The highest BCUT2D eigenvalue weighted by Gasteiger charge is 2.13. The summed E-state index contributed by atoms with van der Waals surface area (Å²) in [6.07, 6.45) is 13.6. The normalized spacial score (nSPS) is 14.3. The zero-order valence-electron chi connectivity index (χ0n) is 13.8. The van der Waals surface area contributed by atoms with Gasteiger partial charge in [0, 0.05) is 51.3 Å². The predicted octanol–water partition coefficient (Wildman–Crippen LogP) is 1.65. The lowest BCUT2D eigenvalue weighted by Gasteiger charge is -2.22. The summed E-state index contributed by atoms with van der Waals surface area (Å²) in [5.41, 5.74) is 0. The van der Waals surface area contributed by atoms with Gasteiger partial charge < -0.3 is 5.32 Å². The summed E-state index contributed by atoms with van der Waals surface area (Å²) in [6.45, 7) is 2.26. The molecule has 4 heterocycles. The van der Waals surface area contributed by atoms with Gasteiger partial charge in [0.1, 0.15) is 0 Å². The first-order valence-corrected chi connectivity index (χ1v) is 7.83. The van der Waals surface area contributed by atoms with Gasteiger partial charge in [0.15, 0.2) is 0 Å². The van der Waals surface area contributed by atoms with Gasteiger partial charge in [-0.3, -0.25) is 14.0 Å². The van der Waals surface area contributed by atoms with Crippen LogP contribution in [-0.2, 0) is 14.1 Å². The Morgan fingerprint density at radius 2 is 1.30 bits per heavy atom. The molecule has 0 saturated carbocycles. The highest BCUT2D eigenvalue weighted by Crippen LogP contribution is 2.16. The minimum absolute atomic E-state index is 0.631. The molecule has 3 aromatic rings. The molecule has 1 fully saturated rings. The van der Waals surface area contributed by atoms with E-state index in [4.69, 9.17) is 0 Å². The monoisotopic (exact) mass is 315 g/mol. The largest absolute Gasteiger partial charge is 0.317 e. The Hall–Kier alpha value is -2.41. The summed E-state index contributed by atoms with van der Waals surface area (Å²) in [5.74, 6) is 0. The van der Waals surface area contributed by atoms with Crippen molar-refractivity contribution in [3.63, 3.8) is 0 Å². The molecule has 0 atom stereocenters. The van der Waals surface area contributed by atoms with Crippen LogP contribution in [0.5, 0.6) is 0 Å². The second-order valence-corrected chi connectivity index (χ2v) is 5.33. The van der Waals surface area contributed by atoms with E-state index in [9.17, 15) is 0 Å². The third-order valence-electron chi connectivity index (χ3n) is 3.48. The molecule has 4 rings (SSSR count).